The van der Waals surface area contributed by atoms with Crippen molar-refractivity contribution < 1.29 is 13.2 Å². The number of nitrogens with one attached hydrogen (secondary N) is 1. The lowest BCUT2D eigenvalue weighted by Gasteiger charge is -2.20. The Morgan fingerprint density at radius 2 is 2.00 bits per heavy atom. The molecule has 0 aromatic heterocycles. The van der Waals surface area contributed by atoms with Gasteiger partial charge in [0.1, 0.15) is 0 Å². The monoisotopic (exact) mass is 295 g/mol. The second-order valence-corrected chi connectivity index (χ2v) is 5.73. The Labute approximate surface area is 121 Å². The molecule has 1 aromatic carbocycles. The maximum atomic E-state index is 13.1. The third-order valence-corrected chi connectivity index (χ3v) is 4.10. The molecule has 1 heterocycles. The first kappa shape index (κ1) is 14.2. The molecule has 0 radical (unpaired) electrons. The summed E-state index contributed by atoms with van der Waals surface area (Å²) in [6.07, 6.45) is -1.19. The van der Waals surface area contributed by atoms with E-state index in [0.717, 1.165) is 25.6 Å². The molecule has 0 bridgehead atoms. The number of benzene rings is 1. The molecule has 0 spiro atoms. The molecule has 3 nitrogen and oxygen atoms in total. The number of rotatable bonds is 3. The van der Waals surface area contributed by atoms with E-state index in [1.54, 1.807) is 6.07 Å². The van der Waals surface area contributed by atoms with Crippen LogP contribution in [-0.2, 0) is 6.18 Å². The van der Waals surface area contributed by atoms with Crippen LogP contribution < -0.4 is 5.32 Å². The standard InChI is InChI=1S/C15H16F3N3/c16-15(17,18)13-7-10(8-19)1-4-14(13)20-11-5-6-21(9-11)12-2-3-12/h1,4,7,11-12,20H,2-3,5-6,9H2. The van der Waals surface area contributed by atoms with E-state index in [4.69, 9.17) is 5.26 Å². The van der Waals surface area contributed by atoms with E-state index < -0.39 is 11.7 Å². The number of alkyl halides is 3. The SMILES string of the molecule is N#Cc1ccc(NC2CCN(C3CC3)C2)c(C(F)(F)F)c1. The van der Waals surface area contributed by atoms with Crippen LogP contribution in [0.5, 0.6) is 0 Å². The number of likely N-dealkylation sites (tertiary alicyclic amines) is 1. The van der Waals surface area contributed by atoms with Gasteiger partial charge in [-0.3, -0.25) is 4.90 Å². The number of nitrogens with zero attached hydrogens (tertiary/aromatic N) is 2. The molecular weight excluding hydrogens is 279 g/mol. The van der Waals surface area contributed by atoms with Gasteiger partial charge in [-0.2, -0.15) is 18.4 Å². The summed E-state index contributed by atoms with van der Waals surface area (Å²) in [6, 6.07) is 6.13. The molecule has 1 unspecified atom stereocenters. The highest BCUT2D eigenvalue weighted by Crippen LogP contribution is 2.37. The van der Waals surface area contributed by atoms with Crippen LogP contribution in [0.4, 0.5) is 18.9 Å². The number of halogens is 3. The molecule has 1 N–H and O–H groups in total. The highest BCUT2D eigenvalue weighted by molar-refractivity contribution is 5.56. The van der Waals surface area contributed by atoms with Gasteiger partial charge in [-0.25, -0.2) is 0 Å². The molecule has 112 valence electrons. The largest absolute Gasteiger partial charge is 0.418 e. The van der Waals surface area contributed by atoms with Crippen LogP contribution in [0.25, 0.3) is 0 Å². The molecule has 1 saturated heterocycles. The van der Waals surface area contributed by atoms with Crippen molar-refractivity contribution in [1.29, 1.82) is 5.26 Å². The van der Waals surface area contributed by atoms with Crippen LogP contribution in [0.2, 0.25) is 0 Å². The van der Waals surface area contributed by atoms with Gasteiger partial charge in [0.05, 0.1) is 17.2 Å². The smallest absolute Gasteiger partial charge is 0.380 e. The zero-order valence-corrected chi connectivity index (χ0v) is 11.5. The minimum atomic E-state index is -4.45. The average molecular weight is 295 g/mol. The summed E-state index contributed by atoms with van der Waals surface area (Å²) in [7, 11) is 0. The second kappa shape index (κ2) is 5.23. The number of hydrogen-bond donors (Lipinski definition) is 1. The van der Waals surface area contributed by atoms with Gasteiger partial charge < -0.3 is 5.32 Å². The Bertz CT molecular complexity index is 573. The van der Waals surface area contributed by atoms with Crippen molar-refractivity contribution in [3.63, 3.8) is 0 Å². The fourth-order valence-electron chi connectivity index (χ4n) is 2.87. The normalized spacial score (nSPS) is 23.0. The van der Waals surface area contributed by atoms with E-state index in [1.807, 2.05) is 0 Å². The zero-order valence-electron chi connectivity index (χ0n) is 11.5. The van der Waals surface area contributed by atoms with Gasteiger partial charge in [0, 0.05) is 30.9 Å². The average Bonchev–Trinajstić information content (AvgIpc) is 3.19. The van der Waals surface area contributed by atoms with Crippen molar-refractivity contribution in [3.8, 4) is 6.07 Å². The Kier molecular flexibility index (Phi) is 3.54. The van der Waals surface area contributed by atoms with Crippen LogP contribution in [-0.4, -0.2) is 30.1 Å². The fourth-order valence-corrected chi connectivity index (χ4v) is 2.87. The third-order valence-electron chi connectivity index (χ3n) is 4.10. The number of nitriles is 1. The van der Waals surface area contributed by atoms with Gasteiger partial charge >= 0.3 is 6.18 Å². The molecule has 1 aliphatic heterocycles. The maximum Gasteiger partial charge on any atom is 0.418 e. The van der Waals surface area contributed by atoms with Crippen molar-refractivity contribution in [1.82, 2.24) is 4.90 Å². The quantitative estimate of drug-likeness (QED) is 0.930. The predicted octanol–water partition coefficient (Wildman–Crippen LogP) is 3.23. The Morgan fingerprint density at radius 3 is 2.62 bits per heavy atom. The first-order valence-electron chi connectivity index (χ1n) is 7.09. The van der Waals surface area contributed by atoms with Crippen molar-refractivity contribution in [2.45, 2.75) is 37.5 Å². The van der Waals surface area contributed by atoms with E-state index in [-0.39, 0.29) is 17.3 Å². The van der Waals surface area contributed by atoms with E-state index in [2.05, 4.69) is 10.2 Å². The van der Waals surface area contributed by atoms with E-state index in [1.165, 1.54) is 25.0 Å². The van der Waals surface area contributed by atoms with Crippen LogP contribution >= 0.6 is 0 Å². The van der Waals surface area contributed by atoms with Gasteiger partial charge in [0.2, 0.25) is 0 Å². The molecule has 0 amide bonds. The predicted molar refractivity (Wildman–Crippen MR) is 72.8 cm³/mol. The molecular formula is C15H16F3N3. The van der Waals surface area contributed by atoms with Crippen molar-refractivity contribution in [2.24, 2.45) is 0 Å². The Morgan fingerprint density at radius 1 is 1.24 bits per heavy atom. The van der Waals surface area contributed by atoms with Gasteiger partial charge in [-0.15, -0.1) is 0 Å². The first-order chi connectivity index (χ1) is 9.97. The molecule has 21 heavy (non-hydrogen) atoms. The first-order valence-corrected chi connectivity index (χ1v) is 7.09. The van der Waals surface area contributed by atoms with Crippen molar-refractivity contribution in [2.75, 3.05) is 18.4 Å². The Hall–Kier alpha value is -1.74. The number of hydrogen-bond acceptors (Lipinski definition) is 3. The molecule has 6 heteroatoms. The second-order valence-electron chi connectivity index (χ2n) is 5.73. The zero-order chi connectivity index (χ0) is 15.0. The van der Waals surface area contributed by atoms with Gasteiger partial charge in [0.25, 0.3) is 0 Å². The molecule has 2 aliphatic rings. The molecule has 3 rings (SSSR count). The van der Waals surface area contributed by atoms with Crippen molar-refractivity contribution in [3.05, 3.63) is 29.3 Å². The van der Waals surface area contributed by atoms with E-state index in [9.17, 15) is 13.2 Å². The minimum absolute atomic E-state index is 0.0268. The van der Waals surface area contributed by atoms with Gasteiger partial charge in [-0.1, -0.05) is 0 Å². The number of anilines is 1. The summed E-state index contributed by atoms with van der Waals surface area (Å²) in [4.78, 5) is 2.34. The molecule has 2 fully saturated rings. The molecule has 1 aliphatic carbocycles. The lowest BCUT2D eigenvalue weighted by Crippen LogP contribution is -2.28. The maximum absolute atomic E-state index is 13.1. The summed E-state index contributed by atoms with van der Waals surface area (Å²) in [5.74, 6) is 0. The fraction of sp³-hybridized carbons (Fsp3) is 0.533. The lowest BCUT2D eigenvalue weighted by molar-refractivity contribution is -0.137. The van der Waals surface area contributed by atoms with Crippen LogP contribution in [0.3, 0.4) is 0 Å². The lowest BCUT2D eigenvalue weighted by atomic mass is 10.1. The minimum Gasteiger partial charge on any atom is -0.380 e. The van der Waals surface area contributed by atoms with Crippen LogP contribution in [0.1, 0.15) is 30.4 Å². The summed E-state index contributed by atoms with van der Waals surface area (Å²) in [5, 5.41) is 11.8. The highest BCUT2D eigenvalue weighted by Gasteiger charge is 2.37. The Balaban J connectivity index is 1.77. The third kappa shape index (κ3) is 3.13. The van der Waals surface area contributed by atoms with Crippen LogP contribution in [0, 0.1) is 11.3 Å². The summed E-state index contributed by atoms with van der Waals surface area (Å²) < 4.78 is 39.3. The molecule has 1 saturated carbocycles. The van der Waals surface area contributed by atoms with Gasteiger partial charge in [0.15, 0.2) is 0 Å². The van der Waals surface area contributed by atoms with E-state index in [0.29, 0.717) is 6.04 Å². The van der Waals surface area contributed by atoms with Crippen molar-refractivity contribution >= 4 is 5.69 Å². The van der Waals surface area contributed by atoms with Gasteiger partial charge in [-0.05, 0) is 37.5 Å². The molecule has 1 atom stereocenters. The summed E-state index contributed by atoms with van der Waals surface area (Å²) in [6.45, 7) is 1.74. The van der Waals surface area contributed by atoms with E-state index >= 15 is 0 Å². The summed E-state index contributed by atoms with van der Waals surface area (Å²) in [5.41, 5.74) is -0.658. The summed E-state index contributed by atoms with van der Waals surface area (Å²) >= 11 is 0. The molecule has 1 aromatic rings. The topological polar surface area (TPSA) is 39.1 Å². The highest BCUT2D eigenvalue weighted by atomic mass is 19.4. The van der Waals surface area contributed by atoms with Crippen LogP contribution in [0.15, 0.2) is 18.2 Å².